The van der Waals surface area contributed by atoms with Crippen molar-refractivity contribution in [1.29, 1.82) is 0 Å². The molecule has 2 rings (SSSR count). The highest BCUT2D eigenvalue weighted by Gasteiger charge is 2.29. The first kappa shape index (κ1) is 9.68. The number of benzene rings is 1. The molecule has 1 heterocycles. The average molecular weight is 256 g/mol. The summed E-state index contributed by atoms with van der Waals surface area (Å²) < 4.78 is 0.798. The van der Waals surface area contributed by atoms with Crippen LogP contribution in [0.1, 0.15) is 10.4 Å². The van der Waals surface area contributed by atoms with Crippen LogP contribution in [-0.2, 0) is 0 Å². The molecule has 0 atom stereocenters. The van der Waals surface area contributed by atoms with Gasteiger partial charge in [0.1, 0.15) is 0 Å². The molecule has 14 heavy (non-hydrogen) atoms. The zero-order chi connectivity index (χ0) is 10.1. The lowest BCUT2D eigenvalue weighted by Gasteiger charge is -2.36. The number of carbonyl (C=O) groups excluding carboxylic acids is 1. The van der Waals surface area contributed by atoms with Gasteiger partial charge in [-0.15, -0.1) is 0 Å². The summed E-state index contributed by atoms with van der Waals surface area (Å²) in [6, 6.07) is 7.31. The number of amides is 1. The third kappa shape index (κ3) is 1.67. The molecule has 0 bridgehead atoms. The summed E-state index contributed by atoms with van der Waals surface area (Å²) in [7, 11) is 0. The largest absolute Gasteiger partial charge is 0.389 e. The van der Waals surface area contributed by atoms with Gasteiger partial charge in [-0.3, -0.25) is 4.79 Å². The molecule has 1 aromatic carbocycles. The van der Waals surface area contributed by atoms with E-state index in [-0.39, 0.29) is 12.0 Å². The molecular formula is C10H10BrNO2. The summed E-state index contributed by atoms with van der Waals surface area (Å²) in [4.78, 5) is 13.4. The molecule has 1 aliphatic heterocycles. The van der Waals surface area contributed by atoms with Crippen molar-refractivity contribution in [2.24, 2.45) is 0 Å². The van der Waals surface area contributed by atoms with E-state index in [0.717, 1.165) is 4.47 Å². The van der Waals surface area contributed by atoms with E-state index in [1.54, 1.807) is 11.0 Å². The summed E-state index contributed by atoms with van der Waals surface area (Å²) in [5, 5.41) is 9.08. The maximum atomic E-state index is 11.8. The summed E-state index contributed by atoms with van der Waals surface area (Å²) in [6.45, 7) is 0.889. The van der Waals surface area contributed by atoms with Crippen LogP contribution >= 0.6 is 15.9 Å². The molecule has 1 fully saturated rings. The van der Waals surface area contributed by atoms with Crippen molar-refractivity contribution in [2.45, 2.75) is 6.10 Å². The highest BCUT2D eigenvalue weighted by Crippen LogP contribution is 2.20. The van der Waals surface area contributed by atoms with Crippen molar-refractivity contribution < 1.29 is 9.90 Å². The molecule has 0 saturated carbocycles. The minimum absolute atomic E-state index is 0.0252. The van der Waals surface area contributed by atoms with Gasteiger partial charge < -0.3 is 10.0 Å². The maximum Gasteiger partial charge on any atom is 0.255 e. The van der Waals surface area contributed by atoms with Gasteiger partial charge in [-0.1, -0.05) is 12.1 Å². The van der Waals surface area contributed by atoms with Crippen molar-refractivity contribution in [1.82, 2.24) is 4.90 Å². The number of aliphatic hydroxyl groups is 1. The highest BCUT2D eigenvalue weighted by atomic mass is 79.9. The van der Waals surface area contributed by atoms with Crippen molar-refractivity contribution in [3.63, 3.8) is 0 Å². The molecule has 0 unspecified atom stereocenters. The van der Waals surface area contributed by atoms with Gasteiger partial charge in [0, 0.05) is 17.6 Å². The quantitative estimate of drug-likeness (QED) is 0.821. The van der Waals surface area contributed by atoms with Crippen LogP contribution in [-0.4, -0.2) is 35.1 Å². The number of carbonyl (C=O) groups is 1. The lowest BCUT2D eigenvalue weighted by Crippen LogP contribution is -2.53. The molecule has 0 spiro atoms. The Morgan fingerprint density at radius 1 is 1.43 bits per heavy atom. The number of β-amino-alcohol motifs (C(OH)–C–C–N with tert-alkyl or cyclic N) is 1. The van der Waals surface area contributed by atoms with Gasteiger partial charge in [-0.05, 0) is 28.1 Å². The minimum Gasteiger partial charge on any atom is -0.389 e. The molecule has 4 heteroatoms. The molecule has 74 valence electrons. The third-order valence-electron chi connectivity index (χ3n) is 2.25. The number of halogens is 1. The van der Waals surface area contributed by atoms with Crippen LogP contribution in [0, 0.1) is 0 Å². The van der Waals surface area contributed by atoms with Crippen LogP contribution in [0.5, 0.6) is 0 Å². The van der Waals surface area contributed by atoms with E-state index in [0.29, 0.717) is 18.7 Å². The molecule has 1 aliphatic rings. The fraction of sp³-hybridized carbons (Fsp3) is 0.300. The van der Waals surface area contributed by atoms with Gasteiger partial charge in [0.15, 0.2) is 0 Å². The van der Waals surface area contributed by atoms with Gasteiger partial charge >= 0.3 is 0 Å². The second-order valence-electron chi connectivity index (χ2n) is 3.34. The number of aliphatic hydroxyl groups excluding tert-OH is 1. The van der Waals surface area contributed by atoms with E-state index in [2.05, 4.69) is 15.9 Å². The van der Waals surface area contributed by atoms with Gasteiger partial charge in [0.05, 0.1) is 11.7 Å². The molecule has 0 aliphatic carbocycles. The summed E-state index contributed by atoms with van der Waals surface area (Å²) in [5.41, 5.74) is 0.652. The predicted octanol–water partition coefficient (Wildman–Crippen LogP) is 1.27. The Morgan fingerprint density at radius 3 is 2.64 bits per heavy atom. The van der Waals surface area contributed by atoms with E-state index in [1.807, 2.05) is 18.2 Å². The van der Waals surface area contributed by atoms with Crippen LogP contribution < -0.4 is 0 Å². The van der Waals surface area contributed by atoms with Crippen LogP contribution in [0.2, 0.25) is 0 Å². The number of rotatable bonds is 1. The Labute approximate surface area is 90.5 Å². The van der Waals surface area contributed by atoms with Gasteiger partial charge in [-0.2, -0.15) is 0 Å². The van der Waals surface area contributed by atoms with Crippen LogP contribution in [0.4, 0.5) is 0 Å². The summed E-state index contributed by atoms with van der Waals surface area (Å²) >= 11 is 3.32. The van der Waals surface area contributed by atoms with Gasteiger partial charge in [0.25, 0.3) is 5.91 Å². The third-order valence-corrected chi connectivity index (χ3v) is 2.95. The molecule has 1 N–H and O–H groups in total. The Kier molecular flexibility index (Phi) is 2.56. The first-order valence-corrected chi connectivity index (χ1v) is 5.19. The summed E-state index contributed by atoms with van der Waals surface area (Å²) in [6.07, 6.45) is -0.346. The van der Waals surface area contributed by atoms with Gasteiger partial charge in [0.2, 0.25) is 0 Å². The highest BCUT2D eigenvalue weighted by molar-refractivity contribution is 9.10. The fourth-order valence-electron chi connectivity index (χ4n) is 1.43. The first-order valence-electron chi connectivity index (χ1n) is 4.40. The molecule has 1 aromatic rings. The van der Waals surface area contributed by atoms with E-state index in [1.165, 1.54) is 0 Å². The fourth-order valence-corrected chi connectivity index (χ4v) is 1.88. The van der Waals surface area contributed by atoms with Crippen LogP contribution in [0.15, 0.2) is 28.7 Å². The van der Waals surface area contributed by atoms with E-state index >= 15 is 0 Å². The first-order chi connectivity index (χ1) is 6.68. The lowest BCUT2D eigenvalue weighted by molar-refractivity contribution is 0.00583. The maximum absolute atomic E-state index is 11.8. The van der Waals surface area contributed by atoms with Crippen LogP contribution in [0.25, 0.3) is 0 Å². The zero-order valence-corrected chi connectivity index (χ0v) is 9.07. The smallest absolute Gasteiger partial charge is 0.255 e. The molecule has 1 saturated heterocycles. The monoisotopic (exact) mass is 255 g/mol. The Bertz CT molecular complexity index is 361. The van der Waals surface area contributed by atoms with Crippen molar-refractivity contribution in [3.05, 3.63) is 34.3 Å². The molecular weight excluding hydrogens is 246 g/mol. The SMILES string of the molecule is O=C(c1ccccc1Br)N1CC(O)C1. The second-order valence-corrected chi connectivity index (χ2v) is 4.20. The van der Waals surface area contributed by atoms with E-state index in [9.17, 15) is 4.79 Å². The van der Waals surface area contributed by atoms with Gasteiger partial charge in [-0.25, -0.2) is 0 Å². The van der Waals surface area contributed by atoms with E-state index < -0.39 is 0 Å². The second kappa shape index (κ2) is 3.71. The zero-order valence-electron chi connectivity index (χ0n) is 7.48. The number of likely N-dealkylation sites (tertiary alicyclic amines) is 1. The number of hydrogen-bond donors (Lipinski definition) is 1. The van der Waals surface area contributed by atoms with Crippen molar-refractivity contribution in [2.75, 3.05) is 13.1 Å². The summed E-state index contributed by atoms with van der Waals surface area (Å²) in [5.74, 6) is -0.0252. The predicted molar refractivity (Wildman–Crippen MR) is 56.1 cm³/mol. The normalized spacial score (nSPS) is 16.6. The lowest BCUT2D eigenvalue weighted by atomic mass is 10.1. The molecule has 0 aromatic heterocycles. The topological polar surface area (TPSA) is 40.5 Å². The molecule has 3 nitrogen and oxygen atoms in total. The Hall–Kier alpha value is -0.870. The molecule has 0 radical (unpaired) electrons. The minimum atomic E-state index is -0.346. The number of hydrogen-bond acceptors (Lipinski definition) is 2. The number of nitrogens with zero attached hydrogens (tertiary/aromatic N) is 1. The molecule has 1 amide bonds. The average Bonchev–Trinajstić information content (AvgIpc) is 2.13. The standard InChI is InChI=1S/C10H10BrNO2/c11-9-4-2-1-3-8(9)10(14)12-5-7(13)6-12/h1-4,7,13H,5-6H2. The Balaban J connectivity index is 2.16. The van der Waals surface area contributed by atoms with Crippen molar-refractivity contribution in [3.8, 4) is 0 Å². The Morgan fingerprint density at radius 2 is 2.07 bits per heavy atom. The van der Waals surface area contributed by atoms with E-state index in [4.69, 9.17) is 5.11 Å². The van der Waals surface area contributed by atoms with Crippen molar-refractivity contribution >= 4 is 21.8 Å². The van der Waals surface area contributed by atoms with Crippen LogP contribution in [0.3, 0.4) is 0 Å².